The fraction of sp³-hybridized carbons (Fsp3) is 0. The van der Waals surface area contributed by atoms with Crippen LogP contribution < -0.4 is 0 Å². The Kier molecular flexibility index (Phi) is 3.88. The highest BCUT2D eigenvalue weighted by Gasteiger charge is 2.21. The van der Waals surface area contributed by atoms with Gasteiger partial charge in [0.1, 0.15) is 11.7 Å². The van der Waals surface area contributed by atoms with Crippen molar-refractivity contribution in [3.8, 4) is 22.9 Å². The van der Waals surface area contributed by atoms with Crippen molar-refractivity contribution in [2.75, 3.05) is 0 Å². The van der Waals surface area contributed by atoms with Crippen molar-refractivity contribution >= 4 is 43.7 Å². The maximum Gasteiger partial charge on any atom is 0.164 e. The molecule has 158 valence electrons. The summed E-state index contributed by atoms with van der Waals surface area (Å²) in [5, 5.41) is 14.3. The minimum absolute atomic E-state index is 0.371. The van der Waals surface area contributed by atoms with Crippen LogP contribution in [0.3, 0.4) is 0 Å². The number of para-hydroxylation sites is 2. The Labute approximate surface area is 194 Å². The second-order valence-corrected chi connectivity index (χ2v) is 8.36. The van der Waals surface area contributed by atoms with E-state index in [0.717, 1.165) is 60.6 Å². The van der Waals surface area contributed by atoms with Gasteiger partial charge in [0.2, 0.25) is 0 Å². The van der Waals surface area contributed by atoms with Crippen LogP contribution in [0.15, 0.2) is 108 Å². The monoisotopic (exact) mass is 435 g/mol. The Morgan fingerprint density at radius 3 is 2.29 bits per heavy atom. The number of furan rings is 1. The molecule has 0 unspecified atom stereocenters. The van der Waals surface area contributed by atoms with Crippen LogP contribution in [0.2, 0.25) is 0 Å². The molecule has 0 aliphatic heterocycles. The lowest BCUT2D eigenvalue weighted by atomic mass is 10.1. The number of rotatable bonds is 2. The van der Waals surface area contributed by atoms with Gasteiger partial charge in [0.25, 0.3) is 0 Å². The first-order valence-electron chi connectivity index (χ1n) is 11.1. The SMILES string of the molecule is N#Cc1ncc(-c2ccccc2)cc1-n1c2ccccc2c2ccc3c4ccccc4oc3c21. The highest BCUT2D eigenvalue weighted by molar-refractivity contribution is 6.21. The maximum absolute atomic E-state index is 10.0. The Hall–Kier alpha value is -4.88. The van der Waals surface area contributed by atoms with Gasteiger partial charge in [-0.3, -0.25) is 0 Å². The summed E-state index contributed by atoms with van der Waals surface area (Å²) < 4.78 is 8.55. The molecule has 4 aromatic carbocycles. The lowest BCUT2D eigenvalue weighted by Crippen LogP contribution is -2.00. The topological polar surface area (TPSA) is 54.8 Å². The van der Waals surface area contributed by atoms with E-state index in [1.807, 2.05) is 54.6 Å². The summed E-state index contributed by atoms with van der Waals surface area (Å²) in [5.74, 6) is 0. The Bertz CT molecular complexity index is 1920. The fourth-order valence-electron chi connectivity index (χ4n) is 4.98. The van der Waals surface area contributed by atoms with Gasteiger partial charge in [-0.25, -0.2) is 4.98 Å². The number of pyridine rings is 1. The summed E-state index contributed by atoms with van der Waals surface area (Å²) in [6, 6.07) is 35.1. The van der Waals surface area contributed by atoms with E-state index in [0.29, 0.717) is 5.69 Å². The lowest BCUT2D eigenvalue weighted by Gasteiger charge is -2.11. The van der Waals surface area contributed by atoms with Gasteiger partial charge < -0.3 is 8.98 Å². The molecule has 0 amide bonds. The molecule has 0 saturated carbocycles. The van der Waals surface area contributed by atoms with Gasteiger partial charge in [0.15, 0.2) is 11.3 Å². The molecule has 0 aliphatic rings. The number of aromatic nitrogens is 2. The molecule has 7 rings (SSSR count). The van der Waals surface area contributed by atoms with E-state index in [9.17, 15) is 5.26 Å². The Balaban J connectivity index is 1.67. The molecule has 4 heteroatoms. The molecule has 0 fully saturated rings. The molecule has 3 aromatic heterocycles. The molecule has 0 aliphatic carbocycles. The van der Waals surface area contributed by atoms with E-state index in [-0.39, 0.29) is 0 Å². The second kappa shape index (κ2) is 7.06. The van der Waals surface area contributed by atoms with E-state index >= 15 is 0 Å². The summed E-state index contributed by atoms with van der Waals surface area (Å²) in [5.41, 5.74) is 6.72. The van der Waals surface area contributed by atoms with E-state index < -0.39 is 0 Å². The molecule has 34 heavy (non-hydrogen) atoms. The molecule has 0 N–H and O–H groups in total. The van der Waals surface area contributed by atoms with Crippen molar-refractivity contribution in [3.05, 3.63) is 109 Å². The number of fused-ring (bicyclic) bond motifs is 7. The number of benzene rings is 4. The summed E-state index contributed by atoms with van der Waals surface area (Å²) in [6.45, 7) is 0. The summed E-state index contributed by atoms with van der Waals surface area (Å²) in [6.07, 6.45) is 1.77. The molecule has 0 radical (unpaired) electrons. The van der Waals surface area contributed by atoms with Crippen LogP contribution in [0.1, 0.15) is 5.69 Å². The third-order valence-corrected chi connectivity index (χ3v) is 6.50. The predicted octanol–water partition coefficient (Wildman–Crippen LogP) is 7.62. The molecule has 0 spiro atoms. The number of hydrogen-bond acceptors (Lipinski definition) is 3. The van der Waals surface area contributed by atoms with Crippen molar-refractivity contribution in [2.24, 2.45) is 0 Å². The Morgan fingerprint density at radius 1 is 0.706 bits per heavy atom. The first-order chi connectivity index (χ1) is 16.8. The molecular weight excluding hydrogens is 418 g/mol. The van der Waals surface area contributed by atoms with Crippen LogP contribution in [-0.4, -0.2) is 9.55 Å². The van der Waals surface area contributed by atoms with Crippen molar-refractivity contribution in [2.45, 2.75) is 0 Å². The molecule has 4 nitrogen and oxygen atoms in total. The van der Waals surface area contributed by atoms with Gasteiger partial charge in [-0.1, -0.05) is 72.8 Å². The third-order valence-electron chi connectivity index (χ3n) is 6.50. The average Bonchev–Trinajstić information content (AvgIpc) is 3.45. The van der Waals surface area contributed by atoms with Crippen LogP contribution in [0.5, 0.6) is 0 Å². The van der Waals surface area contributed by atoms with Gasteiger partial charge in [-0.05, 0) is 29.8 Å². The van der Waals surface area contributed by atoms with Crippen LogP contribution in [0, 0.1) is 11.3 Å². The molecule has 0 atom stereocenters. The van der Waals surface area contributed by atoms with Crippen LogP contribution >= 0.6 is 0 Å². The smallest absolute Gasteiger partial charge is 0.164 e. The van der Waals surface area contributed by atoms with Crippen LogP contribution in [-0.2, 0) is 0 Å². The van der Waals surface area contributed by atoms with Gasteiger partial charge >= 0.3 is 0 Å². The van der Waals surface area contributed by atoms with Gasteiger partial charge in [-0.2, -0.15) is 5.26 Å². The van der Waals surface area contributed by atoms with E-state index in [1.54, 1.807) is 6.20 Å². The zero-order valence-corrected chi connectivity index (χ0v) is 18.1. The third kappa shape index (κ3) is 2.55. The first-order valence-corrected chi connectivity index (χ1v) is 11.1. The van der Waals surface area contributed by atoms with Gasteiger partial charge in [-0.15, -0.1) is 0 Å². The lowest BCUT2D eigenvalue weighted by molar-refractivity contribution is 0.671. The largest absolute Gasteiger partial charge is 0.454 e. The number of nitrogens with zero attached hydrogens (tertiary/aromatic N) is 3. The first kappa shape index (κ1) is 18.7. The minimum atomic E-state index is 0.371. The molecule has 0 bridgehead atoms. The summed E-state index contributed by atoms with van der Waals surface area (Å²) in [4.78, 5) is 4.55. The van der Waals surface area contributed by atoms with Crippen molar-refractivity contribution in [3.63, 3.8) is 0 Å². The highest BCUT2D eigenvalue weighted by Crippen LogP contribution is 2.40. The Morgan fingerprint density at radius 2 is 1.44 bits per heavy atom. The van der Waals surface area contributed by atoms with Crippen LogP contribution in [0.4, 0.5) is 0 Å². The molecular formula is C30H17N3O. The van der Waals surface area contributed by atoms with Crippen molar-refractivity contribution in [1.82, 2.24) is 9.55 Å². The van der Waals surface area contributed by atoms with E-state index in [1.165, 1.54) is 0 Å². The van der Waals surface area contributed by atoms with Crippen molar-refractivity contribution in [1.29, 1.82) is 5.26 Å². The van der Waals surface area contributed by atoms with Gasteiger partial charge in [0.05, 0.1) is 16.7 Å². The zero-order chi connectivity index (χ0) is 22.6. The fourth-order valence-corrected chi connectivity index (χ4v) is 4.98. The highest BCUT2D eigenvalue weighted by atomic mass is 16.3. The van der Waals surface area contributed by atoms with E-state index in [4.69, 9.17) is 4.42 Å². The zero-order valence-electron chi connectivity index (χ0n) is 18.1. The normalized spacial score (nSPS) is 11.5. The number of hydrogen-bond donors (Lipinski definition) is 0. The van der Waals surface area contributed by atoms with Crippen LogP contribution in [0.25, 0.3) is 60.6 Å². The summed E-state index contributed by atoms with van der Waals surface area (Å²) in [7, 11) is 0. The van der Waals surface area contributed by atoms with Crippen molar-refractivity contribution < 1.29 is 4.42 Å². The number of nitriles is 1. The minimum Gasteiger partial charge on any atom is -0.454 e. The molecule has 0 saturated heterocycles. The van der Waals surface area contributed by atoms with Gasteiger partial charge in [0, 0.05) is 33.3 Å². The van der Waals surface area contributed by atoms with E-state index in [2.05, 4.69) is 58.1 Å². The average molecular weight is 435 g/mol. The quantitative estimate of drug-likeness (QED) is 0.281. The molecule has 7 aromatic rings. The standard InChI is InChI=1S/C30H17N3O/c31-17-25-27(16-20(18-32-25)19-8-2-1-3-9-19)33-26-12-6-4-10-21(26)23-14-15-24-22-11-5-7-13-28(22)34-30(24)29(23)33/h1-16,18H. The molecule has 3 heterocycles. The summed E-state index contributed by atoms with van der Waals surface area (Å²) >= 11 is 0. The predicted molar refractivity (Wildman–Crippen MR) is 136 cm³/mol. The maximum atomic E-state index is 10.0. The second-order valence-electron chi connectivity index (χ2n) is 8.36.